The Balaban J connectivity index is 1.93. The van der Waals surface area contributed by atoms with Crippen LogP contribution in [0.1, 0.15) is 12.8 Å². The highest BCUT2D eigenvalue weighted by atomic mass is 16.5. The lowest BCUT2D eigenvalue weighted by Gasteiger charge is -2.24. The van der Waals surface area contributed by atoms with Crippen LogP contribution in [0.25, 0.3) is 0 Å². The SMILES string of the molecule is CCNCc1nc(N2CCOCC2)no1. The molecule has 0 spiro atoms. The number of nitrogens with zero attached hydrogens (tertiary/aromatic N) is 3. The number of aromatic nitrogens is 2. The van der Waals surface area contributed by atoms with Crippen molar-refractivity contribution in [3.63, 3.8) is 0 Å². The van der Waals surface area contributed by atoms with Crippen LogP contribution in [0.5, 0.6) is 0 Å². The van der Waals surface area contributed by atoms with Crippen molar-refractivity contribution in [2.45, 2.75) is 13.5 Å². The number of hydrogen-bond acceptors (Lipinski definition) is 6. The summed E-state index contributed by atoms with van der Waals surface area (Å²) < 4.78 is 10.4. The highest BCUT2D eigenvalue weighted by Crippen LogP contribution is 2.10. The van der Waals surface area contributed by atoms with Crippen LogP contribution in [0.3, 0.4) is 0 Å². The Hall–Kier alpha value is -1.14. The van der Waals surface area contributed by atoms with Crippen molar-refractivity contribution < 1.29 is 9.26 Å². The first-order valence-corrected chi connectivity index (χ1v) is 5.26. The first-order valence-electron chi connectivity index (χ1n) is 5.26. The van der Waals surface area contributed by atoms with Crippen LogP contribution in [0, 0.1) is 0 Å². The van der Waals surface area contributed by atoms with E-state index in [9.17, 15) is 0 Å². The Morgan fingerprint density at radius 2 is 2.20 bits per heavy atom. The molecule has 1 N–H and O–H groups in total. The van der Waals surface area contributed by atoms with E-state index >= 15 is 0 Å². The minimum absolute atomic E-state index is 0.633. The predicted octanol–water partition coefficient (Wildman–Crippen LogP) is 0.0157. The highest BCUT2D eigenvalue weighted by Gasteiger charge is 2.16. The smallest absolute Gasteiger partial charge is 0.266 e. The summed E-state index contributed by atoms with van der Waals surface area (Å²) >= 11 is 0. The van der Waals surface area contributed by atoms with Crippen molar-refractivity contribution in [1.82, 2.24) is 15.5 Å². The molecule has 1 aromatic heterocycles. The van der Waals surface area contributed by atoms with E-state index in [2.05, 4.69) is 20.4 Å². The van der Waals surface area contributed by atoms with E-state index < -0.39 is 0 Å². The van der Waals surface area contributed by atoms with Crippen LogP contribution in [0.2, 0.25) is 0 Å². The molecule has 1 aliphatic heterocycles. The van der Waals surface area contributed by atoms with Gasteiger partial charge in [0.15, 0.2) is 0 Å². The summed E-state index contributed by atoms with van der Waals surface area (Å²) in [4.78, 5) is 6.37. The van der Waals surface area contributed by atoms with Crippen molar-refractivity contribution in [2.24, 2.45) is 0 Å². The predicted molar refractivity (Wildman–Crippen MR) is 54.7 cm³/mol. The maximum Gasteiger partial charge on any atom is 0.266 e. The zero-order valence-electron chi connectivity index (χ0n) is 8.90. The number of nitrogens with one attached hydrogen (secondary N) is 1. The molecular formula is C9H16N4O2. The lowest BCUT2D eigenvalue weighted by molar-refractivity contribution is 0.121. The van der Waals surface area contributed by atoms with Gasteiger partial charge in [0, 0.05) is 13.1 Å². The Kier molecular flexibility index (Phi) is 3.52. The van der Waals surface area contributed by atoms with Gasteiger partial charge in [0.2, 0.25) is 5.89 Å². The fourth-order valence-electron chi connectivity index (χ4n) is 1.44. The molecule has 1 saturated heterocycles. The number of morpholine rings is 1. The topological polar surface area (TPSA) is 63.4 Å². The average molecular weight is 212 g/mol. The van der Waals surface area contributed by atoms with E-state index in [1.165, 1.54) is 0 Å². The molecule has 15 heavy (non-hydrogen) atoms. The standard InChI is InChI=1S/C9H16N4O2/c1-2-10-7-8-11-9(12-15-8)13-3-5-14-6-4-13/h10H,2-7H2,1H3. The fraction of sp³-hybridized carbons (Fsp3) is 0.778. The molecule has 1 aliphatic rings. The van der Waals surface area contributed by atoms with Crippen molar-refractivity contribution in [2.75, 3.05) is 37.7 Å². The van der Waals surface area contributed by atoms with Crippen LogP contribution in [0.4, 0.5) is 5.95 Å². The molecule has 6 heteroatoms. The zero-order valence-corrected chi connectivity index (χ0v) is 8.90. The molecule has 6 nitrogen and oxygen atoms in total. The normalized spacial score (nSPS) is 17.0. The van der Waals surface area contributed by atoms with Gasteiger partial charge >= 0.3 is 0 Å². The summed E-state index contributed by atoms with van der Waals surface area (Å²) in [6.45, 7) is 6.71. The third kappa shape index (κ3) is 2.66. The van der Waals surface area contributed by atoms with E-state index in [4.69, 9.17) is 9.26 Å². The Morgan fingerprint density at radius 3 is 2.93 bits per heavy atom. The van der Waals surface area contributed by atoms with Crippen LogP contribution in [0.15, 0.2) is 4.52 Å². The molecular weight excluding hydrogens is 196 g/mol. The second kappa shape index (κ2) is 5.09. The Labute approximate surface area is 88.6 Å². The minimum Gasteiger partial charge on any atom is -0.378 e. The van der Waals surface area contributed by atoms with Crippen LogP contribution in [-0.4, -0.2) is 43.0 Å². The van der Waals surface area contributed by atoms with Crippen LogP contribution in [-0.2, 0) is 11.3 Å². The fourth-order valence-corrected chi connectivity index (χ4v) is 1.44. The summed E-state index contributed by atoms with van der Waals surface area (Å²) in [5.41, 5.74) is 0. The van der Waals surface area contributed by atoms with Gasteiger partial charge < -0.3 is 19.5 Å². The van der Waals surface area contributed by atoms with Crippen molar-refractivity contribution in [3.8, 4) is 0 Å². The van der Waals surface area contributed by atoms with Crippen LogP contribution >= 0.6 is 0 Å². The van der Waals surface area contributed by atoms with Gasteiger partial charge in [0.25, 0.3) is 5.95 Å². The summed E-state index contributed by atoms with van der Waals surface area (Å²) in [6, 6.07) is 0. The molecule has 0 saturated carbocycles. The summed E-state index contributed by atoms with van der Waals surface area (Å²) in [6.07, 6.45) is 0. The summed E-state index contributed by atoms with van der Waals surface area (Å²) in [5, 5.41) is 7.08. The molecule has 1 fully saturated rings. The second-order valence-electron chi connectivity index (χ2n) is 3.37. The molecule has 0 bridgehead atoms. The lowest BCUT2D eigenvalue weighted by Crippen LogP contribution is -2.36. The maximum atomic E-state index is 5.25. The van der Waals surface area contributed by atoms with E-state index in [0.717, 1.165) is 32.8 Å². The van der Waals surface area contributed by atoms with Crippen molar-refractivity contribution in [3.05, 3.63) is 5.89 Å². The zero-order chi connectivity index (χ0) is 10.5. The monoisotopic (exact) mass is 212 g/mol. The second-order valence-corrected chi connectivity index (χ2v) is 3.37. The number of hydrogen-bond donors (Lipinski definition) is 1. The average Bonchev–Trinajstić information content (AvgIpc) is 2.76. The maximum absolute atomic E-state index is 5.25. The van der Waals surface area contributed by atoms with Gasteiger partial charge in [-0.25, -0.2) is 0 Å². The molecule has 2 rings (SSSR count). The van der Waals surface area contributed by atoms with Gasteiger partial charge in [-0.2, -0.15) is 4.98 Å². The molecule has 0 unspecified atom stereocenters. The van der Waals surface area contributed by atoms with E-state index in [1.807, 2.05) is 6.92 Å². The molecule has 84 valence electrons. The first-order chi connectivity index (χ1) is 7.40. The molecule has 0 radical (unpaired) electrons. The molecule has 1 aromatic rings. The molecule has 0 aliphatic carbocycles. The molecule has 0 aromatic carbocycles. The van der Waals surface area contributed by atoms with Gasteiger partial charge in [-0.05, 0) is 11.7 Å². The van der Waals surface area contributed by atoms with E-state index in [0.29, 0.717) is 18.4 Å². The quantitative estimate of drug-likeness (QED) is 0.759. The number of ether oxygens (including phenoxy) is 1. The Morgan fingerprint density at radius 1 is 1.40 bits per heavy atom. The first kappa shape index (κ1) is 10.4. The van der Waals surface area contributed by atoms with Gasteiger partial charge in [0.1, 0.15) is 0 Å². The number of rotatable bonds is 4. The lowest BCUT2D eigenvalue weighted by atomic mass is 10.4. The molecule has 0 atom stereocenters. The van der Waals surface area contributed by atoms with Gasteiger partial charge in [-0.15, -0.1) is 0 Å². The van der Waals surface area contributed by atoms with Crippen molar-refractivity contribution >= 4 is 5.95 Å². The van der Waals surface area contributed by atoms with Gasteiger partial charge in [0.05, 0.1) is 19.8 Å². The highest BCUT2D eigenvalue weighted by molar-refractivity contribution is 5.27. The minimum atomic E-state index is 0.633. The van der Waals surface area contributed by atoms with Crippen LogP contribution < -0.4 is 10.2 Å². The summed E-state index contributed by atoms with van der Waals surface area (Å²) in [5.74, 6) is 1.31. The molecule has 0 amide bonds. The van der Waals surface area contributed by atoms with Gasteiger partial charge in [-0.1, -0.05) is 6.92 Å². The Bertz CT molecular complexity index is 296. The third-order valence-corrected chi connectivity index (χ3v) is 2.28. The van der Waals surface area contributed by atoms with E-state index in [-0.39, 0.29) is 0 Å². The number of anilines is 1. The summed E-state index contributed by atoms with van der Waals surface area (Å²) in [7, 11) is 0. The third-order valence-electron chi connectivity index (χ3n) is 2.28. The molecule has 2 heterocycles. The van der Waals surface area contributed by atoms with E-state index in [1.54, 1.807) is 0 Å². The van der Waals surface area contributed by atoms with Gasteiger partial charge in [-0.3, -0.25) is 0 Å². The largest absolute Gasteiger partial charge is 0.378 e. The van der Waals surface area contributed by atoms with Crippen molar-refractivity contribution in [1.29, 1.82) is 0 Å².